The van der Waals surface area contributed by atoms with Gasteiger partial charge in [0.2, 0.25) is 5.66 Å². The molecule has 1 atom stereocenters. The number of nitrogens with one attached hydrogen (secondary N) is 1. The van der Waals surface area contributed by atoms with E-state index in [4.69, 9.17) is 10.8 Å². The third-order valence-corrected chi connectivity index (χ3v) is 3.76. The van der Waals surface area contributed by atoms with Crippen LogP contribution in [0.5, 0.6) is 0 Å². The fraction of sp³-hybridized carbons (Fsp3) is 0.467. The number of aromatic nitrogens is 3. The minimum absolute atomic E-state index is 0.234. The van der Waals surface area contributed by atoms with Gasteiger partial charge in [0.25, 0.3) is 0 Å². The second kappa shape index (κ2) is 8.83. The van der Waals surface area contributed by atoms with E-state index in [1.54, 1.807) is 7.05 Å². The third kappa shape index (κ3) is 5.43. The first-order valence-electron chi connectivity index (χ1n) is 8.33. The second-order valence-corrected chi connectivity index (χ2v) is 5.97. The van der Waals surface area contributed by atoms with E-state index in [1.165, 1.54) is 17.9 Å². The van der Waals surface area contributed by atoms with Crippen molar-refractivity contribution in [2.24, 2.45) is 25.9 Å². The van der Waals surface area contributed by atoms with Crippen LogP contribution in [0.15, 0.2) is 38.1 Å². The van der Waals surface area contributed by atoms with Gasteiger partial charge in [0.1, 0.15) is 5.84 Å². The highest BCUT2D eigenvalue weighted by molar-refractivity contribution is 5.98. The van der Waals surface area contributed by atoms with Crippen LogP contribution in [-0.4, -0.2) is 61.7 Å². The Balaban J connectivity index is 1.87. The molecule has 1 aromatic heterocycles. The number of rotatable bonds is 9. The van der Waals surface area contributed by atoms with Crippen LogP contribution in [0.3, 0.4) is 0 Å². The number of hydrogen-bond donors (Lipinski definition) is 4. The van der Waals surface area contributed by atoms with E-state index in [1.807, 2.05) is 0 Å². The van der Waals surface area contributed by atoms with E-state index >= 15 is 0 Å². The number of carboxylic acid groups (broad SMARTS) is 2. The molecule has 0 aliphatic carbocycles. The number of aliphatic carboxylic acids is 2. The Morgan fingerprint density at radius 2 is 2.14 bits per heavy atom. The van der Waals surface area contributed by atoms with Crippen LogP contribution in [0.25, 0.3) is 0 Å². The van der Waals surface area contributed by atoms with Crippen molar-refractivity contribution in [3.8, 4) is 0 Å². The number of aryl methyl sites for hydroxylation is 1. The highest BCUT2D eigenvalue weighted by atomic mass is 16.4. The molecule has 13 nitrogen and oxygen atoms in total. The molecule has 5 N–H and O–H groups in total. The summed E-state index contributed by atoms with van der Waals surface area (Å²) < 4.78 is 0. The van der Waals surface area contributed by atoms with Crippen LogP contribution >= 0.6 is 0 Å². The lowest BCUT2D eigenvalue weighted by molar-refractivity contribution is -0.135. The van der Waals surface area contributed by atoms with E-state index in [9.17, 15) is 14.7 Å². The summed E-state index contributed by atoms with van der Waals surface area (Å²) in [6.07, 6.45) is 3.97. The maximum Gasteiger partial charge on any atom is 0.336 e. The number of guanidine groups is 1. The van der Waals surface area contributed by atoms with Crippen molar-refractivity contribution in [1.29, 1.82) is 0 Å². The number of anilines is 1. The van der Waals surface area contributed by atoms with Crippen molar-refractivity contribution in [3.05, 3.63) is 17.8 Å². The Hall–Kier alpha value is -3.64. The molecule has 0 saturated carbocycles. The third-order valence-electron chi connectivity index (χ3n) is 3.76. The van der Waals surface area contributed by atoms with Crippen LogP contribution in [0, 0.1) is 0 Å². The van der Waals surface area contributed by atoms with Gasteiger partial charge in [0, 0.05) is 19.5 Å². The zero-order chi connectivity index (χ0) is 20.7. The van der Waals surface area contributed by atoms with Crippen molar-refractivity contribution in [3.63, 3.8) is 0 Å². The van der Waals surface area contributed by atoms with Crippen LogP contribution in [0.4, 0.5) is 5.82 Å². The molecule has 28 heavy (non-hydrogen) atoms. The van der Waals surface area contributed by atoms with Gasteiger partial charge in [0.15, 0.2) is 11.8 Å². The zero-order valence-electron chi connectivity index (χ0n) is 15.4. The first-order valence-corrected chi connectivity index (χ1v) is 8.33. The van der Waals surface area contributed by atoms with Gasteiger partial charge in [-0.25, -0.2) is 14.6 Å². The lowest BCUT2D eigenvalue weighted by atomic mass is 10.0. The number of hydrogen-bond acceptors (Lipinski definition) is 8. The van der Waals surface area contributed by atoms with E-state index in [0.29, 0.717) is 43.5 Å². The number of unbranched alkanes of at least 4 members (excludes halogenated alkanes) is 1. The predicted octanol–water partition coefficient (Wildman–Crippen LogP) is 0.481. The Morgan fingerprint density at radius 1 is 1.39 bits per heavy atom. The number of carboxylic acids is 2. The standard InChI is InChI=1S/C15H21N9O4/c1-15(9(13(27)28)7-12(25)26)20-10(21-23-15)5-3-4-6-24-18-8-11(22-24)19-14(16)17-2/h7-8H,3-6H2,1-2H3,(H,25,26)(H,27,28)(H3,16,17,19,22)/b9-7+. The first kappa shape index (κ1) is 20.7. The summed E-state index contributed by atoms with van der Waals surface area (Å²) in [4.78, 5) is 31.6. The van der Waals surface area contributed by atoms with Gasteiger partial charge in [0.05, 0.1) is 18.3 Å². The van der Waals surface area contributed by atoms with Crippen molar-refractivity contribution in [2.45, 2.75) is 38.4 Å². The molecule has 1 aromatic rings. The SMILES string of the molecule is CN=C(N)Nc1cnn(CCCCC2=NC(C)(/C(=C/C(=O)O)C(=O)O)N=N2)n1. The van der Waals surface area contributed by atoms with Crippen LogP contribution < -0.4 is 11.1 Å². The molecular formula is C15H21N9O4. The minimum atomic E-state index is -1.54. The van der Waals surface area contributed by atoms with Gasteiger partial charge in [-0.15, -0.1) is 10.2 Å². The molecule has 0 bridgehead atoms. The fourth-order valence-corrected chi connectivity index (χ4v) is 2.38. The monoisotopic (exact) mass is 391 g/mol. The number of nitrogens with two attached hydrogens (primary N) is 1. The van der Waals surface area contributed by atoms with Crippen molar-refractivity contribution in [2.75, 3.05) is 12.4 Å². The van der Waals surface area contributed by atoms with Gasteiger partial charge >= 0.3 is 11.9 Å². The van der Waals surface area contributed by atoms with Crippen molar-refractivity contribution >= 4 is 29.6 Å². The molecule has 150 valence electrons. The number of amidine groups is 1. The Morgan fingerprint density at radius 3 is 2.79 bits per heavy atom. The summed E-state index contributed by atoms with van der Waals surface area (Å²) in [6, 6.07) is 0. The van der Waals surface area contributed by atoms with Gasteiger partial charge < -0.3 is 21.3 Å². The summed E-state index contributed by atoms with van der Waals surface area (Å²) in [6.45, 7) is 1.95. The molecule has 0 spiro atoms. The van der Waals surface area contributed by atoms with Crippen LogP contribution in [0.2, 0.25) is 0 Å². The predicted molar refractivity (Wildman–Crippen MR) is 99.1 cm³/mol. The zero-order valence-corrected chi connectivity index (χ0v) is 15.4. The Kier molecular flexibility index (Phi) is 6.52. The summed E-state index contributed by atoms with van der Waals surface area (Å²) in [7, 11) is 1.55. The number of azo groups is 1. The van der Waals surface area contributed by atoms with Crippen LogP contribution in [-0.2, 0) is 16.1 Å². The Bertz CT molecular complexity index is 871. The fourth-order valence-electron chi connectivity index (χ4n) is 2.38. The molecule has 1 unspecified atom stereocenters. The molecular weight excluding hydrogens is 370 g/mol. The average Bonchev–Trinajstić information content (AvgIpc) is 3.23. The van der Waals surface area contributed by atoms with Gasteiger partial charge in [-0.2, -0.15) is 15.0 Å². The highest BCUT2D eigenvalue weighted by Crippen LogP contribution is 2.29. The smallest absolute Gasteiger partial charge is 0.336 e. The van der Waals surface area contributed by atoms with E-state index < -0.39 is 23.2 Å². The highest BCUT2D eigenvalue weighted by Gasteiger charge is 2.37. The molecule has 0 saturated heterocycles. The van der Waals surface area contributed by atoms with E-state index in [-0.39, 0.29) is 5.96 Å². The molecule has 0 aromatic carbocycles. The largest absolute Gasteiger partial charge is 0.478 e. The summed E-state index contributed by atoms with van der Waals surface area (Å²) in [5.41, 5.74) is 3.56. The second-order valence-electron chi connectivity index (χ2n) is 5.97. The summed E-state index contributed by atoms with van der Waals surface area (Å²) in [5, 5.41) is 36.8. The normalized spacial score (nSPS) is 19.6. The maximum absolute atomic E-state index is 11.3. The number of nitrogens with zero attached hydrogens (tertiary/aromatic N) is 7. The molecule has 2 heterocycles. The molecule has 0 radical (unpaired) electrons. The lowest BCUT2D eigenvalue weighted by Gasteiger charge is -2.15. The summed E-state index contributed by atoms with van der Waals surface area (Å²) in [5.74, 6) is -1.71. The maximum atomic E-state index is 11.3. The van der Waals surface area contributed by atoms with E-state index in [0.717, 1.165) is 0 Å². The molecule has 1 aliphatic heterocycles. The molecule has 13 heteroatoms. The lowest BCUT2D eigenvalue weighted by Crippen LogP contribution is -2.27. The number of aliphatic imine (C=N–C) groups is 2. The molecule has 0 fully saturated rings. The molecule has 0 amide bonds. The van der Waals surface area contributed by atoms with E-state index in [2.05, 4.69) is 35.7 Å². The topological polar surface area (TPSA) is 193 Å². The summed E-state index contributed by atoms with van der Waals surface area (Å²) >= 11 is 0. The van der Waals surface area contributed by atoms with Gasteiger partial charge in [-0.3, -0.25) is 4.99 Å². The van der Waals surface area contributed by atoms with Crippen LogP contribution in [0.1, 0.15) is 26.2 Å². The first-order chi connectivity index (χ1) is 13.2. The molecule has 2 rings (SSSR count). The minimum Gasteiger partial charge on any atom is -0.478 e. The average molecular weight is 391 g/mol. The van der Waals surface area contributed by atoms with Gasteiger partial charge in [-0.1, -0.05) is 0 Å². The quantitative estimate of drug-likeness (QED) is 0.202. The number of carbonyl (C=O) groups is 2. The van der Waals surface area contributed by atoms with Crippen molar-refractivity contribution in [1.82, 2.24) is 15.0 Å². The molecule has 1 aliphatic rings. The Labute approximate surface area is 159 Å². The van der Waals surface area contributed by atoms with Gasteiger partial charge in [-0.05, 0) is 19.8 Å². The van der Waals surface area contributed by atoms with Crippen molar-refractivity contribution < 1.29 is 19.8 Å².